The normalized spacial score (nSPS) is 43.4. The van der Waals surface area contributed by atoms with Crippen LogP contribution in [-0.2, 0) is 42.8 Å². The molecule has 0 aromatic rings. The Labute approximate surface area is 235 Å². The van der Waals surface area contributed by atoms with E-state index in [1.807, 2.05) is 6.92 Å². The number of hydrogen-bond acceptors (Lipinski definition) is 9. The van der Waals surface area contributed by atoms with Crippen molar-refractivity contribution >= 4 is 17.9 Å². The molecule has 0 radical (unpaired) electrons. The summed E-state index contributed by atoms with van der Waals surface area (Å²) < 4.78 is 36.1. The Morgan fingerprint density at radius 3 is 2.58 bits per heavy atom. The van der Waals surface area contributed by atoms with Gasteiger partial charge in [-0.15, -0.1) is 0 Å². The van der Waals surface area contributed by atoms with Gasteiger partial charge in [0.2, 0.25) is 0 Å². The smallest absolute Gasteiger partial charge is 0.331 e. The lowest BCUT2D eigenvalue weighted by molar-refractivity contribution is -0.232. The van der Waals surface area contributed by atoms with E-state index in [0.717, 1.165) is 18.4 Å². The van der Waals surface area contributed by atoms with Crippen LogP contribution in [0.25, 0.3) is 0 Å². The third-order valence-electron chi connectivity index (χ3n) is 9.58. The van der Waals surface area contributed by atoms with Crippen molar-refractivity contribution in [3.05, 3.63) is 47.6 Å². The van der Waals surface area contributed by atoms with Gasteiger partial charge in [0.05, 0.1) is 30.8 Å². The topological polar surface area (TPSA) is 110 Å². The second-order valence-electron chi connectivity index (χ2n) is 12.0. The van der Waals surface area contributed by atoms with E-state index in [1.165, 1.54) is 24.6 Å². The van der Waals surface area contributed by atoms with Crippen LogP contribution in [0.3, 0.4) is 0 Å². The summed E-state index contributed by atoms with van der Waals surface area (Å²) in [5, 5.41) is 0. The number of epoxide rings is 1. The zero-order valence-electron chi connectivity index (χ0n) is 24.0. The summed E-state index contributed by atoms with van der Waals surface area (Å²) in [4.78, 5) is 37.6. The van der Waals surface area contributed by atoms with Gasteiger partial charge in [0.15, 0.2) is 0 Å². The van der Waals surface area contributed by atoms with Crippen LogP contribution in [0.4, 0.5) is 0 Å². The van der Waals surface area contributed by atoms with Gasteiger partial charge < -0.3 is 28.4 Å². The Morgan fingerprint density at radius 2 is 1.85 bits per heavy atom. The largest absolute Gasteiger partial charge is 0.462 e. The maximum Gasteiger partial charge on any atom is 0.331 e. The molecule has 5 rings (SSSR count). The monoisotopic (exact) mass is 556 g/mol. The van der Waals surface area contributed by atoms with Gasteiger partial charge in [-0.25, -0.2) is 9.59 Å². The van der Waals surface area contributed by atoms with E-state index in [1.54, 1.807) is 25.2 Å². The molecule has 8 atom stereocenters. The molecule has 0 amide bonds. The Morgan fingerprint density at radius 1 is 1.07 bits per heavy atom. The highest BCUT2D eigenvalue weighted by molar-refractivity contribution is 5.83. The molecule has 2 aliphatic carbocycles. The molecule has 40 heavy (non-hydrogen) atoms. The Balaban J connectivity index is 1.47. The van der Waals surface area contributed by atoms with E-state index in [4.69, 9.17) is 28.4 Å². The van der Waals surface area contributed by atoms with Gasteiger partial charge in [-0.3, -0.25) is 4.79 Å². The van der Waals surface area contributed by atoms with Crippen molar-refractivity contribution in [3.63, 3.8) is 0 Å². The van der Waals surface area contributed by atoms with Gasteiger partial charge >= 0.3 is 17.9 Å². The van der Waals surface area contributed by atoms with Gasteiger partial charge in [-0.05, 0) is 40.0 Å². The Hall–Kier alpha value is -2.75. The van der Waals surface area contributed by atoms with E-state index in [2.05, 4.69) is 19.9 Å². The highest BCUT2D eigenvalue weighted by Gasteiger charge is 2.83. The van der Waals surface area contributed by atoms with Crippen LogP contribution in [0.1, 0.15) is 60.3 Å². The highest BCUT2D eigenvalue weighted by Crippen LogP contribution is 2.72. The second kappa shape index (κ2) is 10.9. The standard InChI is InChI=1S/C31H40O9/c1-19-10-12-30-17-36-28(34)15-20(2)11-13-35-23(21(3)38-22(4)32)8-6-7-9-27(33)40-24-16-26(39-25(30)14-19)31(18-37-31)29(24,30)5/h6-9,14-15,21,23-26H,10-13,16-18H2,1-5H3/b8-6+,9-7-,20-15+/t21-,23-,24-,25-,26-,29-,30-,31+/m1/s1. The van der Waals surface area contributed by atoms with Crippen molar-refractivity contribution in [1.29, 1.82) is 0 Å². The van der Waals surface area contributed by atoms with E-state index >= 15 is 0 Å². The van der Waals surface area contributed by atoms with Crippen LogP contribution in [0, 0.1) is 10.8 Å². The number of carbonyl (C=O) groups is 3. The third-order valence-corrected chi connectivity index (χ3v) is 9.58. The molecule has 0 aromatic carbocycles. The van der Waals surface area contributed by atoms with Crippen molar-refractivity contribution in [2.24, 2.45) is 10.8 Å². The SMILES string of the molecule is CC(=O)O[C@H](C)[C@H]1/C=C/C=C\C(=O)O[C@@H]2C[C@H]3O[C@@H]4C=C(C)CC[C@]4(COC(=O)/C=C(\C)CCO1)[C@]2(C)[C@]31CO1. The summed E-state index contributed by atoms with van der Waals surface area (Å²) in [6.45, 7) is 10.1. The first-order valence-corrected chi connectivity index (χ1v) is 14.2. The van der Waals surface area contributed by atoms with Crippen LogP contribution in [0.15, 0.2) is 47.6 Å². The van der Waals surface area contributed by atoms with E-state index in [-0.39, 0.29) is 18.8 Å². The maximum atomic E-state index is 13.1. The molecular formula is C31H40O9. The van der Waals surface area contributed by atoms with Crippen LogP contribution < -0.4 is 0 Å². The van der Waals surface area contributed by atoms with Gasteiger partial charge in [-0.2, -0.15) is 0 Å². The Kier molecular flexibility index (Phi) is 7.85. The van der Waals surface area contributed by atoms with E-state index in [0.29, 0.717) is 26.1 Å². The summed E-state index contributed by atoms with van der Waals surface area (Å²) >= 11 is 0. The molecule has 3 aliphatic heterocycles. The number of cyclic esters (lactones) is 1. The molecule has 2 bridgehead atoms. The fourth-order valence-corrected chi connectivity index (χ4v) is 7.17. The molecule has 2 spiro atoms. The summed E-state index contributed by atoms with van der Waals surface area (Å²) in [6, 6.07) is 0. The number of rotatable bonds is 2. The molecule has 1 saturated carbocycles. The predicted octanol–water partition coefficient (Wildman–Crippen LogP) is 3.91. The first kappa shape index (κ1) is 28.8. The number of esters is 3. The van der Waals surface area contributed by atoms with Crippen LogP contribution in [0.5, 0.6) is 0 Å². The lowest BCUT2D eigenvalue weighted by Crippen LogP contribution is -2.66. The van der Waals surface area contributed by atoms with Crippen LogP contribution in [0.2, 0.25) is 0 Å². The first-order valence-electron chi connectivity index (χ1n) is 14.2. The van der Waals surface area contributed by atoms with Crippen molar-refractivity contribution < 1.29 is 42.8 Å². The van der Waals surface area contributed by atoms with E-state index in [9.17, 15) is 14.4 Å². The molecule has 0 N–H and O–H groups in total. The predicted molar refractivity (Wildman–Crippen MR) is 144 cm³/mol. The summed E-state index contributed by atoms with van der Waals surface area (Å²) in [7, 11) is 0. The quantitative estimate of drug-likeness (QED) is 0.216. The minimum absolute atomic E-state index is 0.128. The van der Waals surface area contributed by atoms with Crippen molar-refractivity contribution in [1.82, 2.24) is 0 Å². The molecule has 9 heteroatoms. The first-order chi connectivity index (χ1) is 19.0. The lowest BCUT2D eigenvalue weighted by Gasteiger charge is -2.58. The molecule has 5 aliphatic rings. The molecular weight excluding hydrogens is 516 g/mol. The Bertz CT molecular complexity index is 1160. The zero-order valence-corrected chi connectivity index (χ0v) is 24.0. The van der Waals surface area contributed by atoms with Gasteiger partial charge in [0.25, 0.3) is 0 Å². The number of ether oxygens (including phenoxy) is 6. The fraction of sp³-hybridized carbons (Fsp3) is 0.645. The fourth-order valence-electron chi connectivity index (χ4n) is 7.17. The van der Waals surface area contributed by atoms with Gasteiger partial charge in [0.1, 0.15) is 30.5 Å². The lowest BCUT2D eigenvalue weighted by atomic mass is 9.51. The van der Waals surface area contributed by atoms with E-state index < -0.39 is 52.7 Å². The minimum Gasteiger partial charge on any atom is -0.462 e. The molecule has 3 fully saturated rings. The minimum atomic E-state index is -0.618. The average Bonchev–Trinajstić information content (AvgIpc) is 3.66. The van der Waals surface area contributed by atoms with Crippen LogP contribution >= 0.6 is 0 Å². The highest BCUT2D eigenvalue weighted by atomic mass is 16.6. The number of hydrogen-bond donors (Lipinski definition) is 0. The average molecular weight is 557 g/mol. The van der Waals surface area contributed by atoms with Crippen molar-refractivity contribution in [2.45, 2.75) is 96.4 Å². The summed E-state index contributed by atoms with van der Waals surface area (Å²) in [5.41, 5.74) is 0.234. The molecule has 2 saturated heterocycles. The number of carbonyl (C=O) groups excluding carboxylic acids is 3. The van der Waals surface area contributed by atoms with Crippen molar-refractivity contribution in [3.8, 4) is 0 Å². The number of allylic oxidation sites excluding steroid dienone is 3. The summed E-state index contributed by atoms with van der Waals surface area (Å²) in [5.74, 6) is -1.33. The molecule has 3 heterocycles. The molecule has 0 aromatic heterocycles. The molecule has 218 valence electrons. The van der Waals surface area contributed by atoms with Crippen molar-refractivity contribution in [2.75, 3.05) is 19.8 Å². The maximum absolute atomic E-state index is 13.1. The van der Waals surface area contributed by atoms with Gasteiger partial charge in [-0.1, -0.05) is 42.4 Å². The van der Waals surface area contributed by atoms with Crippen LogP contribution in [-0.4, -0.2) is 73.8 Å². The second-order valence-corrected chi connectivity index (χ2v) is 12.0. The summed E-state index contributed by atoms with van der Waals surface area (Å²) in [6.07, 6.45) is 10.5. The zero-order chi connectivity index (χ0) is 28.7. The third kappa shape index (κ3) is 4.97. The van der Waals surface area contributed by atoms with Gasteiger partial charge in [0, 0.05) is 30.9 Å². The molecule has 9 nitrogen and oxygen atoms in total. The molecule has 0 unspecified atom stereocenters.